The zero-order valence-corrected chi connectivity index (χ0v) is 16.4. The van der Waals surface area contributed by atoms with Crippen molar-refractivity contribution in [3.63, 3.8) is 0 Å². The van der Waals surface area contributed by atoms with Crippen LogP contribution in [0, 0.1) is 0 Å². The first-order chi connectivity index (χ1) is 13.1. The molecule has 1 unspecified atom stereocenters. The number of thiophene rings is 1. The van der Waals surface area contributed by atoms with E-state index in [1.54, 1.807) is 53.8 Å². The second kappa shape index (κ2) is 7.64. The first kappa shape index (κ1) is 17.9. The quantitative estimate of drug-likeness (QED) is 0.414. The van der Waals surface area contributed by atoms with Crippen molar-refractivity contribution in [2.75, 3.05) is 4.72 Å². The predicted octanol–water partition coefficient (Wildman–Crippen LogP) is 5.92. The fraction of sp³-hybridized carbons (Fsp3) is 0. The summed E-state index contributed by atoms with van der Waals surface area (Å²) in [6.07, 6.45) is 0. The lowest BCUT2D eigenvalue weighted by molar-refractivity contribution is 0.103. The third-order valence-corrected chi connectivity index (χ3v) is 6.60. The first-order valence-corrected chi connectivity index (χ1v) is 10.6. The minimum absolute atomic E-state index is 0.173. The summed E-state index contributed by atoms with van der Waals surface area (Å²) >= 11 is 7.65. The molecule has 27 heavy (non-hydrogen) atoms. The van der Waals surface area contributed by atoms with Crippen LogP contribution in [0.15, 0.2) is 83.1 Å². The van der Waals surface area contributed by atoms with Crippen LogP contribution in [0.4, 0.5) is 5.69 Å². The lowest BCUT2D eigenvalue weighted by Gasteiger charge is -2.11. The van der Waals surface area contributed by atoms with Crippen LogP contribution in [0.5, 0.6) is 0 Å². The van der Waals surface area contributed by atoms with E-state index in [0.29, 0.717) is 26.7 Å². The number of hydrogen-bond acceptors (Lipinski definition) is 3. The average molecular weight is 412 g/mol. The van der Waals surface area contributed by atoms with Gasteiger partial charge in [-0.2, -0.15) is 0 Å². The number of fused-ring (bicyclic) bond motifs is 1. The largest absolute Gasteiger partial charge is 0.300 e. The first-order valence-electron chi connectivity index (χ1n) is 8.17. The lowest BCUT2D eigenvalue weighted by Crippen LogP contribution is -2.10. The number of rotatable bonds is 5. The summed E-state index contributed by atoms with van der Waals surface area (Å²) in [5.74, 6) is -0.173. The van der Waals surface area contributed by atoms with Crippen LogP contribution < -0.4 is 4.72 Å². The van der Waals surface area contributed by atoms with Crippen molar-refractivity contribution in [2.24, 2.45) is 0 Å². The van der Waals surface area contributed by atoms with Crippen molar-refractivity contribution in [2.45, 2.75) is 4.90 Å². The summed E-state index contributed by atoms with van der Waals surface area (Å²) in [4.78, 5) is 13.6. The van der Waals surface area contributed by atoms with E-state index in [1.165, 1.54) is 0 Å². The summed E-state index contributed by atoms with van der Waals surface area (Å²) in [6, 6.07) is 21.7. The third-order valence-electron chi connectivity index (χ3n) is 4.11. The number of carbonyl (C=O) groups excluding carboxylic acids is 1. The van der Waals surface area contributed by atoms with Crippen molar-refractivity contribution < 1.29 is 9.00 Å². The highest BCUT2D eigenvalue weighted by molar-refractivity contribution is 7.86. The van der Waals surface area contributed by atoms with Gasteiger partial charge in [-0.1, -0.05) is 60.1 Å². The van der Waals surface area contributed by atoms with Gasteiger partial charge in [0, 0.05) is 31.6 Å². The Morgan fingerprint density at radius 3 is 2.52 bits per heavy atom. The lowest BCUT2D eigenvalue weighted by atomic mass is 10.0. The van der Waals surface area contributed by atoms with E-state index in [0.717, 1.165) is 10.1 Å². The van der Waals surface area contributed by atoms with Gasteiger partial charge in [0.1, 0.15) is 0 Å². The Balaban J connectivity index is 1.70. The molecule has 0 saturated carbocycles. The zero-order valence-electron chi connectivity index (χ0n) is 14.0. The van der Waals surface area contributed by atoms with Crippen LogP contribution in [0.1, 0.15) is 15.9 Å². The number of halogens is 1. The van der Waals surface area contributed by atoms with Crippen molar-refractivity contribution in [1.82, 2.24) is 0 Å². The Labute approximate surface area is 168 Å². The number of anilines is 1. The molecule has 0 saturated heterocycles. The van der Waals surface area contributed by atoms with Crippen molar-refractivity contribution in [3.8, 4) is 0 Å². The van der Waals surface area contributed by atoms with Gasteiger partial charge >= 0.3 is 0 Å². The van der Waals surface area contributed by atoms with E-state index < -0.39 is 11.0 Å². The Bertz CT molecular complexity index is 1160. The number of hydrogen-bond donors (Lipinski definition) is 1. The van der Waals surface area contributed by atoms with Crippen LogP contribution in [0.25, 0.3) is 10.1 Å². The van der Waals surface area contributed by atoms with Crippen LogP contribution in [-0.4, -0.2) is 9.99 Å². The minimum atomic E-state index is -1.50. The van der Waals surface area contributed by atoms with Gasteiger partial charge in [-0.15, -0.1) is 11.3 Å². The Hall–Kier alpha value is -2.47. The molecular weight excluding hydrogens is 398 g/mol. The van der Waals surface area contributed by atoms with Crippen LogP contribution >= 0.6 is 22.9 Å². The molecule has 0 amide bonds. The minimum Gasteiger partial charge on any atom is -0.300 e. The van der Waals surface area contributed by atoms with E-state index in [1.807, 2.05) is 35.7 Å². The van der Waals surface area contributed by atoms with Crippen molar-refractivity contribution in [3.05, 3.63) is 94.3 Å². The summed E-state index contributed by atoms with van der Waals surface area (Å²) in [5.41, 5.74) is 1.43. The van der Waals surface area contributed by atoms with Crippen LogP contribution in [0.2, 0.25) is 5.02 Å². The molecule has 6 heteroatoms. The van der Waals surface area contributed by atoms with Gasteiger partial charge in [0.05, 0.1) is 10.6 Å². The SMILES string of the molecule is O=C(c1ccccc1)c1cc(Cl)ccc1NS(=O)c1csc2ccccc12. The van der Waals surface area contributed by atoms with E-state index in [9.17, 15) is 9.00 Å². The number of ketones is 1. The summed E-state index contributed by atoms with van der Waals surface area (Å²) in [5, 5.41) is 3.27. The van der Waals surface area contributed by atoms with Gasteiger partial charge in [0.25, 0.3) is 0 Å². The molecule has 3 nitrogen and oxygen atoms in total. The molecule has 0 spiro atoms. The topological polar surface area (TPSA) is 46.2 Å². The van der Waals surface area contributed by atoms with E-state index in [-0.39, 0.29) is 5.78 Å². The number of benzene rings is 3. The fourth-order valence-corrected chi connectivity index (χ4v) is 5.21. The molecule has 0 fully saturated rings. The third kappa shape index (κ3) is 3.67. The van der Waals surface area contributed by atoms with Crippen LogP contribution in [-0.2, 0) is 11.0 Å². The molecule has 0 aliphatic rings. The van der Waals surface area contributed by atoms with Gasteiger partial charge in [0.2, 0.25) is 0 Å². The summed E-state index contributed by atoms with van der Waals surface area (Å²) in [6.45, 7) is 0. The molecule has 1 heterocycles. The molecular formula is C21H14ClNO2S2. The molecule has 1 atom stereocenters. The molecule has 0 aliphatic carbocycles. The maximum Gasteiger partial charge on any atom is 0.195 e. The standard InChI is InChI=1S/C21H14ClNO2S2/c22-15-10-11-18(17(12-15)21(24)14-6-2-1-3-7-14)23-27(25)20-13-26-19-9-5-4-8-16(19)20/h1-13,23H. The molecule has 1 aromatic heterocycles. The van der Waals surface area contributed by atoms with E-state index >= 15 is 0 Å². The van der Waals surface area contributed by atoms with E-state index in [4.69, 9.17) is 11.6 Å². The molecule has 3 aromatic carbocycles. The van der Waals surface area contributed by atoms with Gasteiger partial charge in [-0.3, -0.25) is 4.79 Å². The van der Waals surface area contributed by atoms with Crippen LogP contribution in [0.3, 0.4) is 0 Å². The molecule has 1 N–H and O–H groups in total. The fourth-order valence-electron chi connectivity index (χ4n) is 2.79. The zero-order chi connectivity index (χ0) is 18.8. The highest BCUT2D eigenvalue weighted by atomic mass is 35.5. The molecule has 4 rings (SSSR count). The van der Waals surface area contributed by atoms with Gasteiger partial charge in [-0.05, 0) is 24.3 Å². The van der Waals surface area contributed by atoms with Gasteiger partial charge < -0.3 is 4.72 Å². The smallest absolute Gasteiger partial charge is 0.195 e. The predicted molar refractivity (Wildman–Crippen MR) is 113 cm³/mol. The van der Waals surface area contributed by atoms with Crippen molar-refractivity contribution >= 4 is 55.5 Å². The maximum atomic E-state index is 12.9. The molecule has 0 bridgehead atoms. The van der Waals surface area contributed by atoms with Gasteiger partial charge in [-0.25, -0.2) is 4.21 Å². The Morgan fingerprint density at radius 2 is 1.70 bits per heavy atom. The average Bonchev–Trinajstić information content (AvgIpc) is 3.14. The summed E-state index contributed by atoms with van der Waals surface area (Å²) in [7, 11) is -1.50. The van der Waals surface area contributed by atoms with Gasteiger partial charge in [0.15, 0.2) is 16.8 Å². The Kier molecular flexibility index (Phi) is 5.07. The van der Waals surface area contributed by atoms with Crippen molar-refractivity contribution in [1.29, 1.82) is 0 Å². The molecule has 0 radical (unpaired) electrons. The number of carbonyl (C=O) groups is 1. The normalized spacial score (nSPS) is 12.0. The number of nitrogens with one attached hydrogen (secondary N) is 1. The highest BCUT2D eigenvalue weighted by Crippen LogP contribution is 2.30. The summed E-state index contributed by atoms with van der Waals surface area (Å²) < 4.78 is 17.0. The molecule has 134 valence electrons. The Morgan fingerprint density at radius 1 is 0.963 bits per heavy atom. The maximum absolute atomic E-state index is 12.9. The van der Waals surface area contributed by atoms with E-state index in [2.05, 4.69) is 4.72 Å². The molecule has 0 aliphatic heterocycles. The highest BCUT2D eigenvalue weighted by Gasteiger charge is 2.17. The second-order valence-corrected chi connectivity index (χ2v) is 8.38. The molecule has 4 aromatic rings. The second-order valence-electron chi connectivity index (χ2n) is 5.85. The monoisotopic (exact) mass is 411 g/mol.